The van der Waals surface area contributed by atoms with Crippen LogP contribution in [0, 0.1) is 5.92 Å². The molecule has 1 unspecified atom stereocenters. The molecule has 6 heteroatoms. The zero-order valence-electron chi connectivity index (χ0n) is 17.8. The number of aliphatic imine (C=N–C) groups is 1. The summed E-state index contributed by atoms with van der Waals surface area (Å²) in [4.78, 5) is 18.3. The van der Waals surface area contributed by atoms with Crippen molar-refractivity contribution in [2.24, 2.45) is 10.9 Å². The van der Waals surface area contributed by atoms with Crippen molar-refractivity contribution in [1.82, 2.24) is 15.5 Å². The highest BCUT2D eigenvalue weighted by Gasteiger charge is 2.20. The Hall–Kier alpha value is -1.31. The summed E-state index contributed by atoms with van der Waals surface area (Å²) in [6.07, 6.45) is 5.30. The van der Waals surface area contributed by atoms with Gasteiger partial charge in [0, 0.05) is 39.1 Å². The molecular formula is C22H37IN4O. The first-order valence-electron chi connectivity index (χ1n) is 10.3. The summed E-state index contributed by atoms with van der Waals surface area (Å²) in [6, 6.07) is 8.74. The maximum atomic E-state index is 11.9. The Morgan fingerprint density at radius 3 is 2.50 bits per heavy atom. The summed E-state index contributed by atoms with van der Waals surface area (Å²) in [5, 5.41) is 6.91. The van der Waals surface area contributed by atoms with Crippen LogP contribution in [-0.4, -0.2) is 36.4 Å². The van der Waals surface area contributed by atoms with Gasteiger partial charge in [0.2, 0.25) is 5.91 Å². The van der Waals surface area contributed by atoms with Gasteiger partial charge in [-0.25, -0.2) is 0 Å². The van der Waals surface area contributed by atoms with E-state index >= 15 is 0 Å². The third-order valence-corrected chi connectivity index (χ3v) is 5.12. The van der Waals surface area contributed by atoms with Crippen molar-refractivity contribution < 1.29 is 4.79 Å². The minimum atomic E-state index is 0. The number of rotatable bonds is 9. The van der Waals surface area contributed by atoms with Gasteiger partial charge < -0.3 is 15.5 Å². The molecule has 1 heterocycles. The minimum absolute atomic E-state index is 0. The minimum Gasteiger partial charge on any atom is -0.354 e. The third kappa shape index (κ3) is 8.37. The molecule has 1 atom stereocenters. The van der Waals surface area contributed by atoms with Crippen molar-refractivity contribution >= 4 is 35.8 Å². The zero-order chi connectivity index (χ0) is 19.6. The van der Waals surface area contributed by atoms with Gasteiger partial charge in [-0.2, -0.15) is 0 Å². The van der Waals surface area contributed by atoms with E-state index in [0.29, 0.717) is 25.6 Å². The van der Waals surface area contributed by atoms with Gasteiger partial charge in [-0.05, 0) is 36.8 Å². The van der Waals surface area contributed by atoms with Crippen molar-refractivity contribution in [2.75, 3.05) is 13.6 Å². The summed E-state index contributed by atoms with van der Waals surface area (Å²) in [5.74, 6) is 1.86. The van der Waals surface area contributed by atoms with E-state index < -0.39 is 0 Å². The first kappa shape index (κ1) is 24.7. The molecule has 158 valence electrons. The highest BCUT2D eigenvalue weighted by molar-refractivity contribution is 14.0. The number of nitrogens with one attached hydrogen (secondary N) is 2. The maximum Gasteiger partial charge on any atom is 0.222 e. The van der Waals surface area contributed by atoms with Crippen molar-refractivity contribution in [3.8, 4) is 0 Å². The summed E-state index contributed by atoms with van der Waals surface area (Å²) in [7, 11) is 1.81. The number of amides is 1. The fourth-order valence-electron chi connectivity index (χ4n) is 3.47. The van der Waals surface area contributed by atoms with E-state index in [4.69, 9.17) is 0 Å². The monoisotopic (exact) mass is 500 g/mol. The predicted molar refractivity (Wildman–Crippen MR) is 128 cm³/mol. The van der Waals surface area contributed by atoms with Crippen molar-refractivity contribution in [1.29, 1.82) is 0 Å². The molecule has 5 nitrogen and oxygen atoms in total. The van der Waals surface area contributed by atoms with E-state index in [0.717, 1.165) is 31.3 Å². The van der Waals surface area contributed by atoms with Crippen LogP contribution in [0.5, 0.6) is 0 Å². The highest BCUT2D eigenvalue weighted by Crippen LogP contribution is 2.17. The van der Waals surface area contributed by atoms with Gasteiger partial charge in [0.25, 0.3) is 0 Å². The van der Waals surface area contributed by atoms with Crippen LogP contribution in [0.1, 0.15) is 64.0 Å². The number of guanidine groups is 1. The Balaban J connectivity index is 0.00000392. The largest absolute Gasteiger partial charge is 0.354 e. The lowest BCUT2D eigenvalue weighted by Gasteiger charge is -2.21. The van der Waals surface area contributed by atoms with E-state index in [1.807, 2.05) is 18.0 Å². The second-order valence-corrected chi connectivity index (χ2v) is 7.98. The number of hydrogen-bond donors (Lipinski definition) is 2. The maximum absolute atomic E-state index is 11.9. The number of benzene rings is 1. The molecule has 1 aromatic rings. The Morgan fingerprint density at radius 2 is 1.89 bits per heavy atom. The highest BCUT2D eigenvalue weighted by atomic mass is 127. The molecule has 28 heavy (non-hydrogen) atoms. The van der Waals surface area contributed by atoms with E-state index in [9.17, 15) is 4.79 Å². The topological polar surface area (TPSA) is 56.7 Å². The van der Waals surface area contributed by atoms with Gasteiger partial charge in [-0.15, -0.1) is 24.0 Å². The second kappa shape index (κ2) is 13.0. The summed E-state index contributed by atoms with van der Waals surface area (Å²) < 4.78 is 0. The Labute approximate surface area is 187 Å². The number of carbonyl (C=O) groups excluding carboxylic acids is 1. The first-order chi connectivity index (χ1) is 13.0. The zero-order valence-corrected chi connectivity index (χ0v) is 20.2. The normalized spacial score (nSPS) is 15.5. The standard InChI is InChI=1S/C22H36N4O.HI/c1-17(2)9-7-10-18(3)25-22(23-4)24-15-19-11-5-6-12-20(19)16-26-14-8-13-21(26)27;/h5-6,11-12,17-18H,7-10,13-16H2,1-4H3,(H2,23,24,25);1H. The molecule has 1 saturated heterocycles. The fraction of sp³-hybridized carbons (Fsp3) is 0.636. The average Bonchev–Trinajstić information content (AvgIpc) is 3.04. The third-order valence-electron chi connectivity index (χ3n) is 5.12. The van der Waals surface area contributed by atoms with Gasteiger partial charge in [0.1, 0.15) is 0 Å². The van der Waals surface area contributed by atoms with Crippen LogP contribution in [0.4, 0.5) is 0 Å². The molecule has 1 aliphatic heterocycles. The molecule has 1 aliphatic rings. The van der Waals surface area contributed by atoms with E-state index in [-0.39, 0.29) is 29.9 Å². The van der Waals surface area contributed by atoms with Crippen LogP contribution in [0.3, 0.4) is 0 Å². The quantitative estimate of drug-likeness (QED) is 0.302. The number of carbonyl (C=O) groups is 1. The van der Waals surface area contributed by atoms with Gasteiger partial charge >= 0.3 is 0 Å². The lowest BCUT2D eigenvalue weighted by atomic mass is 10.0. The number of halogens is 1. The summed E-state index contributed by atoms with van der Waals surface area (Å²) in [5.41, 5.74) is 2.42. The average molecular weight is 500 g/mol. The van der Waals surface area contributed by atoms with Gasteiger partial charge in [-0.3, -0.25) is 9.79 Å². The molecular weight excluding hydrogens is 463 g/mol. The van der Waals surface area contributed by atoms with Crippen LogP contribution in [0.2, 0.25) is 0 Å². The first-order valence-corrected chi connectivity index (χ1v) is 10.3. The Kier molecular flexibility index (Phi) is 11.5. The predicted octanol–water partition coefficient (Wildman–Crippen LogP) is 4.31. The molecule has 0 aliphatic carbocycles. The molecule has 0 aromatic heterocycles. The molecule has 0 bridgehead atoms. The summed E-state index contributed by atoms with van der Waals surface area (Å²) in [6.45, 7) is 9.03. The smallest absolute Gasteiger partial charge is 0.222 e. The number of nitrogens with zero attached hydrogens (tertiary/aromatic N) is 2. The van der Waals surface area contributed by atoms with E-state index in [1.54, 1.807) is 0 Å². The SMILES string of the molecule is CN=C(NCc1ccccc1CN1CCCC1=O)NC(C)CCCC(C)C.I. The molecule has 2 N–H and O–H groups in total. The van der Waals surface area contributed by atoms with Crippen LogP contribution in [0.25, 0.3) is 0 Å². The molecule has 0 spiro atoms. The number of likely N-dealkylation sites (tertiary alicyclic amines) is 1. The van der Waals surface area contributed by atoms with Gasteiger partial charge in [-0.1, -0.05) is 51.0 Å². The van der Waals surface area contributed by atoms with Crippen LogP contribution in [-0.2, 0) is 17.9 Å². The molecule has 0 saturated carbocycles. The van der Waals surface area contributed by atoms with Crippen molar-refractivity contribution in [3.63, 3.8) is 0 Å². The molecule has 2 rings (SSSR count). The van der Waals surface area contributed by atoms with Crippen LogP contribution in [0.15, 0.2) is 29.3 Å². The van der Waals surface area contributed by atoms with Crippen LogP contribution < -0.4 is 10.6 Å². The fourth-order valence-corrected chi connectivity index (χ4v) is 3.47. The van der Waals surface area contributed by atoms with Crippen molar-refractivity contribution in [2.45, 2.75) is 72.0 Å². The molecule has 1 fully saturated rings. The van der Waals surface area contributed by atoms with E-state index in [1.165, 1.54) is 24.0 Å². The molecule has 0 radical (unpaired) electrons. The number of hydrogen-bond acceptors (Lipinski definition) is 2. The van der Waals surface area contributed by atoms with E-state index in [2.05, 4.69) is 54.6 Å². The second-order valence-electron chi connectivity index (χ2n) is 7.98. The van der Waals surface area contributed by atoms with Crippen molar-refractivity contribution in [3.05, 3.63) is 35.4 Å². The summed E-state index contributed by atoms with van der Waals surface area (Å²) >= 11 is 0. The molecule has 1 amide bonds. The van der Waals surface area contributed by atoms with Gasteiger partial charge in [0.05, 0.1) is 0 Å². The van der Waals surface area contributed by atoms with Crippen LogP contribution >= 0.6 is 24.0 Å². The van der Waals surface area contributed by atoms with Gasteiger partial charge in [0.15, 0.2) is 5.96 Å². The lowest BCUT2D eigenvalue weighted by Crippen LogP contribution is -2.42. The lowest BCUT2D eigenvalue weighted by molar-refractivity contribution is -0.128. The Bertz CT molecular complexity index is 633. The Morgan fingerprint density at radius 1 is 1.18 bits per heavy atom. The molecule has 1 aromatic carbocycles.